The van der Waals surface area contributed by atoms with E-state index in [1.165, 1.54) is 0 Å². The predicted molar refractivity (Wildman–Crippen MR) is 74.8 cm³/mol. The normalized spacial score (nSPS) is 22.0. The maximum absolute atomic E-state index is 12.3. The summed E-state index contributed by atoms with van der Waals surface area (Å²) in [7, 11) is 3.87. The average Bonchev–Trinajstić information content (AvgIpc) is 2.83. The highest BCUT2D eigenvalue weighted by Crippen LogP contribution is 2.19. The second kappa shape index (κ2) is 7.44. The molecule has 0 aliphatic carbocycles. The molecule has 116 valence electrons. The second-order valence-electron chi connectivity index (χ2n) is 5.41. The van der Waals surface area contributed by atoms with E-state index in [0.29, 0.717) is 26.1 Å². The lowest BCUT2D eigenvalue weighted by Gasteiger charge is -2.30. The van der Waals surface area contributed by atoms with Crippen molar-refractivity contribution >= 4 is 12.0 Å². The summed E-state index contributed by atoms with van der Waals surface area (Å²) in [6.07, 6.45) is 1.14. The van der Waals surface area contributed by atoms with Crippen LogP contribution in [0.2, 0.25) is 0 Å². The van der Waals surface area contributed by atoms with Crippen molar-refractivity contribution in [2.45, 2.75) is 25.3 Å². The van der Waals surface area contributed by atoms with Crippen molar-refractivity contribution in [3.05, 3.63) is 0 Å². The van der Waals surface area contributed by atoms with Gasteiger partial charge in [-0.1, -0.05) is 6.92 Å². The molecule has 1 fully saturated rings. The Hall–Kier alpha value is -1.34. The average molecular weight is 287 g/mol. The molecule has 1 aliphatic rings. The maximum Gasteiger partial charge on any atom is 0.332 e. The van der Waals surface area contributed by atoms with Crippen molar-refractivity contribution in [1.29, 1.82) is 0 Å². The third-order valence-corrected chi connectivity index (χ3v) is 3.38. The number of urea groups is 1. The van der Waals surface area contributed by atoms with Gasteiger partial charge in [0.15, 0.2) is 5.54 Å². The first-order valence-corrected chi connectivity index (χ1v) is 6.94. The largest absolute Gasteiger partial charge is 0.479 e. The molecule has 7 heteroatoms. The van der Waals surface area contributed by atoms with Gasteiger partial charge in [0.2, 0.25) is 0 Å². The summed E-state index contributed by atoms with van der Waals surface area (Å²) < 4.78 is 5.14. The van der Waals surface area contributed by atoms with Crippen LogP contribution in [0.4, 0.5) is 4.79 Å². The van der Waals surface area contributed by atoms with Gasteiger partial charge < -0.3 is 25.0 Å². The van der Waals surface area contributed by atoms with Crippen molar-refractivity contribution in [3.63, 3.8) is 0 Å². The minimum Gasteiger partial charge on any atom is -0.479 e. The second-order valence-corrected chi connectivity index (χ2v) is 5.41. The number of carbonyl (C=O) groups is 2. The number of likely N-dealkylation sites (N-methyl/N-ethyl adjacent to an activating group) is 1. The van der Waals surface area contributed by atoms with Gasteiger partial charge in [0.05, 0.1) is 6.61 Å². The molecule has 1 aliphatic heterocycles. The summed E-state index contributed by atoms with van der Waals surface area (Å²) in [5, 5.41) is 12.0. The lowest BCUT2D eigenvalue weighted by molar-refractivity contribution is -0.144. The van der Waals surface area contributed by atoms with Crippen LogP contribution in [0.15, 0.2) is 0 Å². The topological polar surface area (TPSA) is 82.1 Å². The van der Waals surface area contributed by atoms with E-state index >= 15 is 0 Å². The number of amides is 2. The highest BCUT2D eigenvalue weighted by molar-refractivity contribution is 5.86. The summed E-state index contributed by atoms with van der Waals surface area (Å²) in [5.41, 5.74) is -1.28. The molecule has 1 heterocycles. The lowest BCUT2D eigenvalue weighted by atomic mass is 9.99. The predicted octanol–water partition coefficient (Wildman–Crippen LogP) is 0.213. The molecular weight excluding hydrogens is 262 g/mol. The smallest absolute Gasteiger partial charge is 0.332 e. The highest BCUT2D eigenvalue weighted by Gasteiger charge is 2.44. The highest BCUT2D eigenvalue weighted by atomic mass is 16.5. The minimum atomic E-state index is -1.28. The van der Waals surface area contributed by atoms with Crippen LogP contribution in [0.1, 0.15) is 19.8 Å². The number of hydrogen-bond donors (Lipinski definition) is 2. The number of rotatable bonds is 7. The van der Waals surface area contributed by atoms with Crippen LogP contribution in [-0.4, -0.2) is 79.4 Å². The Balaban J connectivity index is 2.66. The molecule has 1 atom stereocenters. The van der Waals surface area contributed by atoms with Crippen LogP contribution in [0.5, 0.6) is 0 Å². The van der Waals surface area contributed by atoms with E-state index in [2.05, 4.69) is 5.32 Å². The van der Waals surface area contributed by atoms with E-state index in [1.54, 1.807) is 4.90 Å². The van der Waals surface area contributed by atoms with Crippen LogP contribution in [-0.2, 0) is 9.53 Å². The molecule has 7 nitrogen and oxygen atoms in total. The molecule has 20 heavy (non-hydrogen) atoms. The van der Waals surface area contributed by atoms with Crippen LogP contribution >= 0.6 is 0 Å². The van der Waals surface area contributed by atoms with Gasteiger partial charge in [-0.2, -0.15) is 0 Å². The zero-order chi connectivity index (χ0) is 15.2. The number of carbonyl (C=O) groups excluding carboxylic acids is 1. The summed E-state index contributed by atoms with van der Waals surface area (Å²) in [6.45, 7) is 4.30. The Labute approximate surface area is 119 Å². The number of nitrogens with one attached hydrogen (secondary N) is 1. The Morgan fingerprint density at radius 2 is 2.00 bits per heavy atom. The molecule has 2 N–H and O–H groups in total. The first kappa shape index (κ1) is 16.7. The molecular formula is C13H25N3O4. The Morgan fingerprint density at radius 1 is 1.30 bits per heavy atom. The van der Waals surface area contributed by atoms with Crippen molar-refractivity contribution in [2.75, 3.05) is 46.9 Å². The van der Waals surface area contributed by atoms with Gasteiger partial charge in [0.1, 0.15) is 0 Å². The molecule has 0 bridgehead atoms. The van der Waals surface area contributed by atoms with Gasteiger partial charge in [0.25, 0.3) is 0 Å². The number of nitrogens with zero attached hydrogens (tertiary/aromatic N) is 2. The van der Waals surface area contributed by atoms with Gasteiger partial charge in [0, 0.05) is 32.7 Å². The van der Waals surface area contributed by atoms with Crippen molar-refractivity contribution in [2.24, 2.45) is 0 Å². The summed E-state index contributed by atoms with van der Waals surface area (Å²) in [4.78, 5) is 27.3. The van der Waals surface area contributed by atoms with E-state index in [9.17, 15) is 14.7 Å². The Kier molecular flexibility index (Phi) is 6.22. The van der Waals surface area contributed by atoms with Gasteiger partial charge in [-0.05, 0) is 20.5 Å². The molecule has 2 amide bonds. The fourth-order valence-corrected chi connectivity index (χ4v) is 2.07. The summed E-state index contributed by atoms with van der Waals surface area (Å²) >= 11 is 0. The maximum atomic E-state index is 12.3. The molecule has 0 aromatic rings. The lowest BCUT2D eigenvalue weighted by Crippen LogP contribution is -2.59. The van der Waals surface area contributed by atoms with Crippen molar-refractivity contribution in [3.8, 4) is 0 Å². The van der Waals surface area contributed by atoms with Crippen LogP contribution in [0, 0.1) is 0 Å². The Bertz CT molecular complexity index is 341. The SMILES string of the molecule is CCCN(CCN(C)C)C(=O)NC1(C(=O)O)CCOC1. The molecule has 1 unspecified atom stereocenters. The van der Waals surface area contributed by atoms with Gasteiger partial charge in [-0.25, -0.2) is 9.59 Å². The number of hydrogen-bond acceptors (Lipinski definition) is 4. The van der Waals surface area contributed by atoms with Gasteiger partial charge in [-0.3, -0.25) is 0 Å². The standard InChI is InChI=1S/C13H25N3O4/c1-4-6-16(8-7-15(2)3)12(19)14-13(11(17)18)5-9-20-10-13/h4-10H2,1-3H3,(H,14,19)(H,17,18). The zero-order valence-corrected chi connectivity index (χ0v) is 12.5. The molecule has 0 aromatic heterocycles. The number of carboxylic acids is 1. The number of carboxylic acid groups (broad SMARTS) is 1. The zero-order valence-electron chi connectivity index (χ0n) is 12.5. The van der Waals surface area contributed by atoms with E-state index in [1.807, 2.05) is 25.9 Å². The molecule has 0 radical (unpaired) electrons. The number of ether oxygens (including phenoxy) is 1. The van der Waals surface area contributed by atoms with Crippen molar-refractivity contribution in [1.82, 2.24) is 15.1 Å². The molecule has 1 rings (SSSR count). The van der Waals surface area contributed by atoms with E-state index in [-0.39, 0.29) is 12.6 Å². The molecule has 0 saturated carbocycles. The van der Waals surface area contributed by atoms with Crippen LogP contribution in [0.25, 0.3) is 0 Å². The van der Waals surface area contributed by atoms with E-state index < -0.39 is 11.5 Å². The molecule has 1 saturated heterocycles. The van der Waals surface area contributed by atoms with Crippen LogP contribution < -0.4 is 5.32 Å². The minimum absolute atomic E-state index is 0.0295. The number of aliphatic carboxylic acids is 1. The third kappa shape index (κ3) is 4.35. The van der Waals surface area contributed by atoms with Gasteiger partial charge >= 0.3 is 12.0 Å². The molecule has 0 aromatic carbocycles. The molecule has 0 spiro atoms. The Morgan fingerprint density at radius 3 is 2.45 bits per heavy atom. The quantitative estimate of drug-likeness (QED) is 0.699. The fourth-order valence-electron chi connectivity index (χ4n) is 2.07. The van der Waals surface area contributed by atoms with Gasteiger partial charge in [-0.15, -0.1) is 0 Å². The monoisotopic (exact) mass is 287 g/mol. The first-order valence-electron chi connectivity index (χ1n) is 6.94. The van der Waals surface area contributed by atoms with Crippen molar-refractivity contribution < 1.29 is 19.4 Å². The fraction of sp³-hybridized carbons (Fsp3) is 0.846. The summed E-state index contributed by atoms with van der Waals surface area (Å²) in [6, 6.07) is -0.332. The van der Waals surface area contributed by atoms with E-state index in [0.717, 1.165) is 13.0 Å². The van der Waals surface area contributed by atoms with Crippen LogP contribution in [0.3, 0.4) is 0 Å². The third-order valence-electron chi connectivity index (χ3n) is 3.38. The summed E-state index contributed by atoms with van der Waals surface area (Å²) in [5.74, 6) is -1.03. The first-order chi connectivity index (χ1) is 9.41. The van der Waals surface area contributed by atoms with E-state index in [4.69, 9.17) is 4.74 Å².